The van der Waals surface area contributed by atoms with Gasteiger partial charge in [0.25, 0.3) is 0 Å². The van der Waals surface area contributed by atoms with E-state index in [1.165, 1.54) is 0 Å². The number of carboxylic acid groups (broad SMARTS) is 1. The second kappa shape index (κ2) is 6.19. The van der Waals surface area contributed by atoms with Crippen molar-refractivity contribution >= 4 is 12.2 Å². The Bertz CT molecular complexity index is 213. The summed E-state index contributed by atoms with van der Waals surface area (Å²) in [5, 5.41) is 26.6. The Morgan fingerprint density at radius 1 is 1.69 bits per heavy atom. The largest absolute Gasteiger partial charge is 0.477 e. The van der Waals surface area contributed by atoms with Gasteiger partial charge in [0, 0.05) is 18.9 Å². The summed E-state index contributed by atoms with van der Waals surface area (Å²) in [4.78, 5) is 10.5. The van der Waals surface area contributed by atoms with Crippen molar-refractivity contribution in [1.82, 2.24) is 5.32 Å². The number of aliphatic hydroxyl groups is 1. The number of aliphatic carboxylic acids is 1. The van der Waals surface area contributed by atoms with Gasteiger partial charge in [0.15, 0.2) is 0 Å². The van der Waals surface area contributed by atoms with E-state index < -0.39 is 5.97 Å². The lowest BCUT2D eigenvalue weighted by Gasteiger charge is -2.13. The molecule has 0 aliphatic heterocycles. The molecule has 13 heavy (non-hydrogen) atoms. The first-order valence-electron chi connectivity index (χ1n) is 3.93. The van der Waals surface area contributed by atoms with Crippen LogP contribution in [0.25, 0.3) is 0 Å². The highest BCUT2D eigenvalue weighted by Crippen LogP contribution is 1.95. The van der Waals surface area contributed by atoms with Crippen molar-refractivity contribution in [3.05, 3.63) is 11.8 Å². The Kier molecular flexibility index (Phi) is 5.54. The number of hydrogen-bond donors (Lipinski definition) is 4. The van der Waals surface area contributed by atoms with Gasteiger partial charge in [-0.1, -0.05) is 0 Å². The normalized spacial score (nSPS) is 13.5. The fourth-order valence-corrected chi connectivity index (χ4v) is 0.796. The molecule has 0 fully saturated rings. The van der Waals surface area contributed by atoms with E-state index in [2.05, 4.69) is 5.32 Å². The van der Waals surface area contributed by atoms with Crippen LogP contribution in [0.3, 0.4) is 0 Å². The number of carboxylic acids is 1. The van der Waals surface area contributed by atoms with Crippen molar-refractivity contribution < 1.29 is 15.0 Å². The fraction of sp³-hybridized carbons (Fsp3) is 0.500. The molecular weight excluding hydrogens is 172 g/mol. The number of rotatable bonds is 6. The lowest BCUT2D eigenvalue weighted by atomic mass is 10.2. The zero-order valence-corrected chi connectivity index (χ0v) is 7.45. The van der Waals surface area contributed by atoms with Gasteiger partial charge in [0.2, 0.25) is 0 Å². The second-order valence-electron chi connectivity index (χ2n) is 2.61. The third kappa shape index (κ3) is 4.97. The number of hydrogen-bond acceptors (Lipinski definition) is 4. The second-order valence-corrected chi connectivity index (χ2v) is 2.61. The van der Waals surface area contributed by atoms with Crippen molar-refractivity contribution in [3.8, 4) is 0 Å². The minimum atomic E-state index is -1.10. The minimum Gasteiger partial charge on any atom is -0.477 e. The van der Waals surface area contributed by atoms with Crippen LogP contribution in [0, 0.1) is 5.41 Å². The first kappa shape index (κ1) is 11.6. The van der Waals surface area contributed by atoms with Crippen LogP contribution in [0.1, 0.15) is 13.3 Å². The van der Waals surface area contributed by atoms with Gasteiger partial charge in [-0.3, -0.25) is 0 Å². The number of carbonyl (C=O) groups is 1. The highest BCUT2D eigenvalue weighted by Gasteiger charge is 2.08. The van der Waals surface area contributed by atoms with Gasteiger partial charge in [0.1, 0.15) is 5.70 Å². The molecule has 0 amide bonds. The average Bonchev–Trinajstić information content (AvgIpc) is 2.04. The molecule has 0 aromatic carbocycles. The monoisotopic (exact) mass is 186 g/mol. The summed E-state index contributed by atoms with van der Waals surface area (Å²) in [6.45, 7) is 1.77. The Hall–Kier alpha value is -1.36. The van der Waals surface area contributed by atoms with Crippen molar-refractivity contribution in [3.63, 3.8) is 0 Å². The molecule has 0 aliphatic carbocycles. The molecule has 0 spiro atoms. The van der Waals surface area contributed by atoms with E-state index in [1.807, 2.05) is 0 Å². The van der Waals surface area contributed by atoms with Crippen LogP contribution in [-0.2, 0) is 4.79 Å². The van der Waals surface area contributed by atoms with Gasteiger partial charge in [-0.05, 0) is 19.4 Å². The van der Waals surface area contributed by atoms with Crippen LogP contribution in [-0.4, -0.2) is 35.0 Å². The molecule has 1 atom stereocenters. The molecule has 74 valence electrons. The SMILES string of the molecule is CC(CCO)N/C(=C\C=N)C(=O)O. The van der Waals surface area contributed by atoms with E-state index in [0.717, 1.165) is 12.3 Å². The zero-order valence-electron chi connectivity index (χ0n) is 7.45. The lowest BCUT2D eigenvalue weighted by Crippen LogP contribution is -2.30. The highest BCUT2D eigenvalue weighted by atomic mass is 16.4. The smallest absolute Gasteiger partial charge is 0.352 e. The van der Waals surface area contributed by atoms with E-state index in [-0.39, 0.29) is 18.3 Å². The molecule has 5 nitrogen and oxygen atoms in total. The molecule has 5 heteroatoms. The van der Waals surface area contributed by atoms with Gasteiger partial charge in [0.05, 0.1) is 0 Å². The summed E-state index contributed by atoms with van der Waals surface area (Å²) in [5.74, 6) is -1.10. The molecule has 0 rings (SSSR count). The molecule has 0 aliphatic rings. The summed E-state index contributed by atoms with van der Waals surface area (Å²) in [6, 6.07) is -0.118. The van der Waals surface area contributed by atoms with E-state index in [4.69, 9.17) is 15.6 Å². The van der Waals surface area contributed by atoms with Gasteiger partial charge in [-0.2, -0.15) is 0 Å². The molecule has 0 radical (unpaired) electrons. The maximum atomic E-state index is 10.5. The average molecular weight is 186 g/mol. The molecule has 0 aromatic heterocycles. The Morgan fingerprint density at radius 2 is 2.31 bits per heavy atom. The molecular formula is C8H14N2O3. The van der Waals surface area contributed by atoms with Crippen molar-refractivity contribution in [1.29, 1.82) is 5.41 Å². The lowest BCUT2D eigenvalue weighted by molar-refractivity contribution is -0.133. The standard InChI is InChI=1S/C8H14N2O3/c1-6(3-5-11)10-7(2-4-9)8(12)13/h2,4,6,9-11H,3,5H2,1H3,(H,12,13)/b7-2-,9-4?. The summed E-state index contributed by atoms with van der Waals surface area (Å²) < 4.78 is 0. The van der Waals surface area contributed by atoms with Crippen LogP contribution in [0.2, 0.25) is 0 Å². The third-order valence-electron chi connectivity index (χ3n) is 1.44. The summed E-state index contributed by atoms with van der Waals surface area (Å²) in [5.41, 5.74) is -0.0315. The minimum absolute atomic E-state index is 0.00561. The molecule has 1 unspecified atom stereocenters. The first-order valence-corrected chi connectivity index (χ1v) is 3.93. The maximum absolute atomic E-state index is 10.5. The molecule has 0 saturated carbocycles. The predicted molar refractivity (Wildman–Crippen MR) is 48.8 cm³/mol. The van der Waals surface area contributed by atoms with Gasteiger partial charge < -0.3 is 20.9 Å². The van der Waals surface area contributed by atoms with E-state index in [1.54, 1.807) is 6.92 Å². The molecule has 0 aromatic rings. The Morgan fingerprint density at radius 3 is 2.69 bits per heavy atom. The molecule has 4 N–H and O–H groups in total. The van der Waals surface area contributed by atoms with E-state index in [9.17, 15) is 4.79 Å². The Balaban J connectivity index is 4.18. The third-order valence-corrected chi connectivity index (χ3v) is 1.44. The summed E-state index contributed by atoms with van der Waals surface area (Å²) in [7, 11) is 0. The van der Waals surface area contributed by atoms with Gasteiger partial charge in [-0.25, -0.2) is 4.79 Å². The van der Waals surface area contributed by atoms with Crippen molar-refractivity contribution in [2.24, 2.45) is 0 Å². The molecule has 0 heterocycles. The quantitative estimate of drug-likeness (QED) is 0.346. The number of allylic oxidation sites excluding steroid dienone is 1. The van der Waals surface area contributed by atoms with Crippen molar-refractivity contribution in [2.45, 2.75) is 19.4 Å². The summed E-state index contributed by atoms with van der Waals surface area (Å²) in [6.07, 6.45) is 2.54. The molecule has 0 bridgehead atoms. The zero-order chi connectivity index (χ0) is 10.3. The van der Waals surface area contributed by atoms with Crippen LogP contribution in [0.4, 0.5) is 0 Å². The highest BCUT2D eigenvalue weighted by molar-refractivity contribution is 5.90. The maximum Gasteiger partial charge on any atom is 0.352 e. The van der Waals surface area contributed by atoms with Crippen LogP contribution >= 0.6 is 0 Å². The molecule has 0 saturated heterocycles. The Labute approximate surface area is 76.6 Å². The first-order chi connectivity index (χ1) is 6.11. The van der Waals surface area contributed by atoms with Gasteiger partial charge in [-0.15, -0.1) is 0 Å². The number of aliphatic hydroxyl groups excluding tert-OH is 1. The summed E-state index contributed by atoms with van der Waals surface area (Å²) >= 11 is 0. The topological polar surface area (TPSA) is 93.4 Å². The van der Waals surface area contributed by atoms with Crippen molar-refractivity contribution in [2.75, 3.05) is 6.61 Å². The fourth-order valence-electron chi connectivity index (χ4n) is 0.796. The van der Waals surface area contributed by atoms with Gasteiger partial charge >= 0.3 is 5.97 Å². The number of nitrogens with one attached hydrogen (secondary N) is 2. The van der Waals surface area contributed by atoms with E-state index >= 15 is 0 Å². The van der Waals surface area contributed by atoms with Crippen LogP contribution < -0.4 is 5.32 Å². The predicted octanol–water partition coefficient (Wildman–Crippen LogP) is -0.0350. The van der Waals surface area contributed by atoms with Crippen LogP contribution in [0.5, 0.6) is 0 Å². The van der Waals surface area contributed by atoms with Crippen LogP contribution in [0.15, 0.2) is 11.8 Å². The van der Waals surface area contributed by atoms with E-state index in [0.29, 0.717) is 6.42 Å².